The molecule has 130 valence electrons. The van der Waals surface area contributed by atoms with Crippen molar-refractivity contribution in [2.24, 2.45) is 0 Å². The topological polar surface area (TPSA) is 29.5 Å². The largest absolute Gasteiger partial charge is 0.489 e. The Morgan fingerprint density at radius 2 is 2.00 bits per heavy atom. The molecule has 2 aromatic rings. The summed E-state index contributed by atoms with van der Waals surface area (Å²) in [5.74, 6) is 0.678. The molecule has 3 nitrogen and oxygen atoms in total. The number of nitrogens with zero attached hydrogens (tertiary/aromatic N) is 1. The van der Waals surface area contributed by atoms with Gasteiger partial charge in [0.2, 0.25) is 0 Å². The second-order valence-electron chi connectivity index (χ2n) is 6.27. The van der Waals surface area contributed by atoms with Gasteiger partial charge in [0, 0.05) is 17.8 Å². The minimum Gasteiger partial charge on any atom is -0.489 e. The molecule has 0 aromatic heterocycles. The van der Waals surface area contributed by atoms with Crippen LogP contribution in [0, 0.1) is 6.92 Å². The van der Waals surface area contributed by atoms with Crippen molar-refractivity contribution in [1.29, 1.82) is 0 Å². The number of aryl methyl sites for hydroxylation is 1. The third-order valence-corrected chi connectivity index (χ3v) is 4.54. The Morgan fingerprint density at radius 3 is 2.68 bits per heavy atom. The summed E-state index contributed by atoms with van der Waals surface area (Å²) in [5, 5.41) is 0. The van der Waals surface area contributed by atoms with Gasteiger partial charge in [0.05, 0.1) is 6.33 Å². The van der Waals surface area contributed by atoms with Crippen LogP contribution < -0.4 is 9.64 Å². The molecule has 25 heavy (non-hydrogen) atoms. The highest BCUT2D eigenvalue weighted by molar-refractivity contribution is 6.08. The van der Waals surface area contributed by atoms with Crippen LogP contribution in [0.15, 0.2) is 54.4 Å². The lowest BCUT2D eigenvalue weighted by molar-refractivity contribution is 0.0980. The summed E-state index contributed by atoms with van der Waals surface area (Å²) in [5.41, 5.74) is 4.38. The first-order chi connectivity index (χ1) is 12.1. The number of benzene rings is 2. The summed E-state index contributed by atoms with van der Waals surface area (Å²) in [7, 11) is 0. The summed E-state index contributed by atoms with van der Waals surface area (Å²) in [6.45, 7) is 4.79. The van der Waals surface area contributed by atoms with E-state index in [0.717, 1.165) is 17.7 Å². The van der Waals surface area contributed by atoms with Gasteiger partial charge in [-0.1, -0.05) is 24.6 Å². The van der Waals surface area contributed by atoms with Gasteiger partial charge in [-0.2, -0.15) is 0 Å². The summed E-state index contributed by atoms with van der Waals surface area (Å²) >= 11 is 0. The number of hydrogen-bond acceptors (Lipinski definition) is 2. The summed E-state index contributed by atoms with van der Waals surface area (Å²) in [6, 6.07) is 13.5. The maximum absolute atomic E-state index is 12.8. The van der Waals surface area contributed by atoms with Crippen LogP contribution in [0.2, 0.25) is 0 Å². The van der Waals surface area contributed by atoms with Gasteiger partial charge in [-0.05, 0) is 61.2 Å². The van der Waals surface area contributed by atoms with Gasteiger partial charge in [0.15, 0.2) is 0 Å². The molecule has 3 rings (SSSR count). The van der Waals surface area contributed by atoms with Crippen LogP contribution in [0.25, 0.3) is 0 Å². The van der Waals surface area contributed by atoms with Crippen molar-refractivity contribution in [3.05, 3.63) is 71.1 Å². The third-order valence-electron chi connectivity index (χ3n) is 4.54. The van der Waals surface area contributed by atoms with Crippen LogP contribution in [0.5, 0.6) is 5.75 Å². The number of ether oxygens (including phenoxy) is 1. The lowest BCUT2D eigenvalue weighted by Gasteiger charge is -2.29. The first-order valence-electron chi connectivity index (χ1n) is 8.54. The van der Waals surface area contributed by atoms with Crippen LogP contribution in [-0.2, 0) is 6.42 Å². The van der Waals surface area contributed by atoms with Gasteiger partial charge < -0.3 is 9.64 Å². The van der Waals surface area contributed by atoms with Crippen molar-refractivity contribution in [3.63, 3.8) is 0 Å². The van der Waals surface area contributed by atoms with E-state index in [-0.39, 0.29) is 12.5 Å². The minimum absolute atomic E-state index is 0.00885. The second kappa shape index (κ2) is 7.51. The number of fused-ring (bicyclic) bond motifs is 1. The molecule has 4 heteroatoms. The van der Waals surface area contributed by atoms with E-state index in [1.807, 2.05) is 49.1 Å². The van der Waals surface area contributed by atoms with Crippen LogP contribution in [0.4, 0.5) is 10.1 Å². The van der Waals surface area contributed by atoms with Crippen molar-refractivity contribution < 1.29 is 13.9 Å². The minimum atomic E-state index is 0.00885. The molecule has 1 amide bonds. The van der Waals surface area contributed by atoms with E-state index in [4.69, 9.17) is 4.74 Å². The quantitative estimate of drug-likeness (QED) is 0.780. The Balaban J connectivity index is 1.77. The maximum Gasteiger partial charge on any atom is 0.258 e. The number of hydrogen-bond donors (Lipinski definition) is 0. The van der Waals surface area contributed by atoms with E-state index < -0.39 is 0 Å². The fraction of sp³-hybridized carbons (Fsp3) is 0.286. The standard InChI is InChI=1S/C21H22FNO2/c1-3-16(13-22)14-25-19-8-9-20-17(12-19)10-11-23(21(20)24)18-6-4-15(2)5-7-18/h4-9,12-13H,3,10-11,14H2,1-2H3/b16-13-. The van der Waals surface area contributed by atoms with Gasteiger partial charge >= 0.3 is 0 Å². The van der Waals surface area contributed by atoms with Crippen LogP contribution >= 0.6 is 0 Å². The number of carbonyl (C=O) groups is 1. The number of carbonyl (C=O) groups excluding carboxylic acids is 1. The highest BCUT2D eigenvalue weighted by atomic mass is 19.1. The van der Waals surface area contributed by atoms with E-state index in [1.165, 1.54) is 5.56 Å². The number of amides is 1. The average Bonchev–Trinajstić information content (AvgIpc) is 2.64. The zero-order chi connectivity index (χ0) is 17.8. The first kappa shape index (κ1) is 17.2. The van der Waals surface area contributed by atoms with Crippen LogP contribution in [0.3, 0.4) is 0 Å². The Morgan fingerprint density at radius 1 is 1.24 bits per heavy atom. The van der Waals surface area contributed by atoms with Crippen molar-refractivity contribution in [1.82, 2.24) is 0 Å². The number of rotatable bonds is 5. The Hall–Kier alpha value is -2.62. The lowest BCUT2D eigenvalue weighted by atomic mass is 9.98. The molecule has 0 bridgehead atoms. The summed E-state index contributed by atoms with van der Waals surface area (Å²) < 4.78 is 18.3. The predicted molar refractivity (Wildman–Crippen MR) is 98.0 cm³/mol. The summed E-state index contributed by atoms with van der Waals surface area (Å²) in [4.78, 5) is 14.6. The smallest absolute Gasteiger partial charge is 0.258 e. The molecular weight excluding hydrogens is 317 g/mol. The second-order valence-corrected chi connectivity index (χ2v) is 6.27. The molecule has 0 radical (unpaired) electrons. The van der Waals surface area contributed by atoms with Crippen LogP contribution in [-0.4, -0.2) is 19.1 Å². The molecule has 0 saturated heterocycles. The zero-order valence-electron chi connectivity index (χ0n) is 14.6. The van der Waals surface area contributed by atoms with Crippen molar-refractivity contribution in [2.75, 3.05) is 18.1 Å². The molecule has 0 spiro atoms. The van der Waals surface area contributed by atoms with E-state index in [0.29, 0.717) is 36.2 Å². The summed E-state index contributed by atoms with van der Waals surface area (Å²) in [6.07, 6.45) is 1.98. The normalized spacial score (nSPS) is 14.4. The molecular formula is C21H22FNO2. The Kier molecular flexibility index (Phi) is 5.17. The van der Waals surface area contributed by atoms with Gasteiger partial charge in [0.25, 0.3) is 5.91 Å². The van der Waals surface area contributed by atoms with Gasteiger partial charge in [-0.15, -0.1) is 0 Å². The van der Waals surface area contributed by atoms with Crippen molar-refractivity contribution in [3.8, 4) is 5.75 Å². The molecule has 0 fully saturated rings. The molecule has 0 unspecified atom stereocenters. The highest BCUT2D eigenvalue weighted by Crippen LogP contribution is 2.27. The van der Waals surface area contributed by atoms with Gasteiger partial charge in [0.1, 0.15) is 12.4 Å². The SMILES string of the molecule is CC/C(=C/F)COc1ccc2c(c1)CCN(c1ccc(C)cc1)C2=O. The van der Waals surface area contributed by atoms with Crippen molar-refractivity contribution >= 4 is 11.6 Å². The highest BCUT2D eigenvalue weighted by Gasteiger charge is 2.25. The van der Waals surface area contributed by atoms with E-state index in [1.54, 1.807) is 12.1 Å². The molecule has 0 atom stereocenters. The maximum atomic E-state index is 12.8. The molecule has 0 aliphatic carbocycles. The number of anilines is 1. The molecule has 0 saturated carbocycles. The fourth-order valence-electron chi connectivity index (χ4n) is 2.91. The first-order valence-corrected chi connectivity index (χ1v) is 8.54. The molecule has 0 N–H and O–H groups in total. The molecule has 1 heterocycles. The molecule has 2 aromatic carbocycles. The van der Waals surface area contributed by atoms with E-state index in [2.05, 4.69) is 0 Å². The average molecular weight is 339 g/mol. The Bertz CT molecular complexity index is 796. The monoisotopic (exact) mass is 339 g/mol. The third kappa shape index (κ3) is 3.73. The van der Waals surface area contributed by atoms with E-state index in [9.17, 15) is 9.18 Å². The van der Waals surface area contributed by atoms with E-state index >= 15 is 0 Å². The Labute approximate surface area is 147 Å². The van der Waals surface area contributed by atoms with Crippen LogP contribution in [0.1, 0.15) is 34.8 Å². The van der Waals surface area contributed by atoms with Gasteiger partial charge in [-0.25, -0.2) is 4.39 Å². The molecule has 1 aliphatic rings. The lowest BCUT2D eigenvalue weighted by Crippen LogP contribution is -2.37. The zero-order valence-corrected chi connectivity index (χ0v) is 14.6. The fourth-order valence-corrected chi connectivity index (χ4v) is 2.91. The van der Waals surface area contributed by atoms with Gasteiger partial charge in [-0.3, -0.25) is 4.79 Å². The number of halogens is 1. The van der Waals surface area contributed by atoms with Crippen molar-refractivity contribution in [2.45, 2.75) is 26.7 Å². The molecule has 1 aliphatic heterocycles. The predicted octanol–water partition coefficient (Wildman–Crippen LogP) is 4.84.